The minimum atomic E-state index is -0.422. The van der Waals surface area contributed by atoms with Crippen LogP contribution in [0, 0.1) is 12.7 Å². The highest BCUT2D eigenvalue weighted by atomic mass is 19.1. The topological polar surface area (TPSA) is 43.4 Å². The van der Waals surface area contributed by atoms with E-state index >= 15 is 0 Å². The second-order valence-corrected chi connectivity index (χ2v) is 4.04. The van der Waals surface area contributed by atoms with Crippen LogP contribution in [0.2, 0.25) is 0 Å². The third kappa shape index (κ3) is 4.28. The SMILES string of the molecule is CCOC(=O)CCCC(=O)c1cc(F)ccc1C. The van der Waals surface area contributed by atoms with Crippen molar-refractivity contribution in [3.8, 4) is 0 Å². The smallest absolute Gasteiger partial charge is 0.305 e. The first-order valence-electron chi connectivity index (χ1n) is 5.99. The molecule has 0 amide bonds. The van der Waals surface area contributed by atoms with Crippen molar-refractivity contribution in [1.29, 1.82) is 0 Å². The normalized spacial score (nSPS) is 10.2. The Morgan fingerprint density at radius 1 is 1.28 bits per heavy atom. The van der Waals surface area contributed by atoms with Gasteiger partial charge in [0.15, 0.2) is 5.78 Å². The maximum atomic E-state index is 13.0. The largest absolute Gasteiger partial charge is 0.466 e. The van der Waals surface area contributed by atoms with E-state index < -0.39 is 5.82 Å². The van der Waals surface area contributed by atoms with Crippen LogP contribution in [0.4, 0.5) is 4.39 Å². The van der Waals surface area contributed by atoms with Gasteiger partial charge in [-0.3, -0.25) is 9.59 Å². The summed E-state index contributed by atoms with van der Waals surface area (Å²) in [5.74, 6) is -0.869. The van der Waals surface area contributed by atoms with Gasteiger partial charge in [0.1, 0.15) is 5.82 Å². The predicted molar refractivity (Wildman–Crippen MR) is 66.0 cm³/mol. The molecule has 0 bridgehead atoms. The van der Waals surface area contributed by atoms with Gasteiger partial charge < -0.3 is 4.74 Å². The number of ether oxygens (including phenoxy) is 1. The fraction of sp³-hybridized carbons (Fsp3) is 0.429. The Bertz CT molecular complexity index is 441. The number of Topliss-reactive ketones (excluding diaryl/α,β-unsaturated/α-hetero) is 1. The molecule has 0 aliphatic heterocycles. The molecule has 0 saturated heterocycles. The Balaban J connectivity index is 2.50. The van der Waals surface area contributed by atoms with E-state index in [9.17, 15) is 14.0 Å². The lowest BCUT2D eigenvalue weighted by molar-refractivity contribution is -0.143. The fourth-order valence-corrected chi connectivity index (χ4v) is 1.66. The number of hydrogen-bond donors (Lipinski definition) is 0. The summed E-state index contributed by atoms with van der Waals surface area (Å²) < 4.78 is 17.8. The van der Waals surface area contributed by atoms with Crippen LogP contribution in [0.1, 0.15) is 42.1 Å². The van der Waals surface area contributed by atoms with Crippen molar-refractivity contribution in [3.63, 3.8) is 0 Å². The molecule has 0 fully saturated rings. The van der Waals surface area contributed by atoms with Gasteiger partial charge in [0.2, 0.25) is 0 Å². The molecule has 4 heteroatoms. The Morgan fingerprint density at radius 3 is 2.67 bits per heavy atom. The molecule has 0 aliphatic rings. The van der Waals surface area contributed by atoms with Crippen LogP contribution in [-0.4, -0.2) is 18.4 Å². The maximum Gasteiger partial charge on any atom is 0.305 e. The molecule has 1 aromatic carbocycles. The summed E-state index contributed by atoms with van der Waals surface area (Å²) in [5, 5.41) is 0. The average Bonchev–Trinajstić information content (AvgIpc) is 2.32. The number of ketones is 1. The van der Waals surface area contributed by atoms with Crippen molar-refractivity contribution in [2.45, 2.75) is 33.1 Å². The van der Waals surface area contributed by atoms with E-state index in [0.717, 1.165) is 5.56 Å². The van der Waals surface area contributed by atoms with Gasteiger partial charge >= 0.3 is 5.97 Å². The Kier molecular flexibility index (Phi) is 5.49. The molecule has 18 heavy (non-hydrogen) atoms. The number of benzene rings is 1. The lowest BCUT2D eigenvalue weighted by atomic mass is 10.0. The van der Waals surface area contributed by atoms with Crippen LogP contribution in [0.15, 0.2) is 18.2 Å². The minimum Gasteiger partial charge on any atom is -0.466 e. The summed E-state index contributed by atoms with van der Waals surface area (Å²) in [6, 6.07) is 4.14. The summed E-state index contributed by atoms with van der Waals surface area (Å²) in [4.78, 5) is 22.9. The summed E-state index contributed by atoms with van der Waals surface area (Å²) in [6.45, 7) is 3.84. The van der Waals surface area contributed by atoms with Crippen molar-refractivity contribution in [3.05, 3.63) is 35.1 Å². The van der Waals surface area contributed by atoms with Gasteiger partial charge in [0, 0.05) is 18.4 Å². The van der Waals surface area contributed by atoms with Gasteiger partial charge in [-0.25, -0.2) is 4.39 Å². The number of carbonyl (C=O) groups excluding carboxylic acids is 2. The fourth-order valence-electron chi connectivity index (χ4n) is 1.66. The predicted octanol–water partition coefficient (Wildman–Crippen LogP) is 3.05. The summed E-state index contributed by atoms with van der Waals surface area (Å²) in [5.41, 5.74) is 1.14. The molecule has 0 N–H and O–H groups in total. The lowest BCUT2D eigenvalue weighted by Crippen LogP contribution is -2.07. The minimum absolute atomic E-state index is 0.142. The summed E-state index contributed by atoms with van der Waals surface area (Å²) in [6.07, 6.45) is 0.866. The van der Waals surface area contributed by atoms with E-state index in [2.05, 4.69) is 0 Å². The van der Waals surface area contributed by atoms with Crippen LogP contribution >= 0.6 is 0 Å². The van der Waals surface area contributed by atoms with Crippen molar-refractivity contribution < 1.29 is 18.7 Å². The van der Waals surface area contributed by atoms with Gasteiger partial charge in [-0.1, -0.05) is 6.07 Å². The molecule has 1 rings (SSSR count). The number of carbonyl (C=O) groups is 2. The van der Waals surface area contributed by atoms with E-state index in [-0.39, 0.29) is 24.6 Å². The van der Waals surface area contributed by atoms with Crippen LogP contribution in [-0.2, 0) is 9.53 Å². The van der Waals surface area contributed by atoms with E-state index in [1.54, 1.807) is 19.9 Å². The first-order chi connectivity index (χ1) is 8.54. The zero-order chi connectivity index (χ0) is 13.5. The van der Waals surface area contributed by atoms with Gasteiger partial charge in [-0.2, -0.15) is 0 Å². The zero-order valence-electron chi connectivity index (χ0n) is 10.7. The van der Waals surface area contributed by atoms with Crippen LogP contribution in [0.3, 0.4) is 0 Å². The van der Waals surface area contributed by atoms with Gasteiger partial charge in [-0.15, -0.1) is 0 Å². The van der Waals surface area contributed by atoms with Crippen molar-refractivity contribution in [2.75, 3.05) is 6.61 Å². The van der Waals surface area contributed by atoms with Gasteiger partial charge in [-0.05, 0) is 38.0 Å². The molecule has 0 aromatic heterocycles. The number of esters is 1. The van der Waals surface area contributed by atoms with Gasteiger partial charge in [0.05, 0.1) is 6.61 Å². The quantitative estimate of drug-likeness (QED) is 0.577. The molecule has 0 atom stereocenters. The second-order valence-electron chi connectivity index (χ2n) is 4.04. The van der Waals surface area contributed by atoms with E-state index in [1.165, 1.54) is 12.1 Å². The third-order valence-corrected chi connectivity index (χ3v) is 2.59. The molecule has 0 saturated carbocycles. The van der Waals surface area contributed by atoms with Crippen molar-refractivity contribution in [1.82, 2.24) is 0 Å². The van der Waals surface area contributed by atoms with E-state index in [0.29, 0.717) is 18.6 Å². The molecule has 98 valence electrons. The summed E-state index contributed by atoms with van der Waals surface area (Å²) >= 11 is 0. The third-order valence-electron chi connectivity index (χ3n) is 2.59. The highest BCUT2D eigenvalue weighted by Gasteiger charge is 2.11. The number of halogens is 1. The second kappa shape index (κ2) is 6.89. The highest BCUT2D eigenvalue weighted by molar-refractivity contribution is 5.97. The van der Waals surface area contributed by atoms with Crippen molar-refractivity contribution in [2.24, 2.45) is 0 Å². The highest BCUT2D eigenvalue weighted by Crippen LogP contribution is 2.14. The molecule has 0 aliphatic carbocycles. The zero-order valence-corrected chi connectivity index (χ0v) is 10.7. The molecule has 3 nitrogen and oxygen atoms in total. The monoisotopic (exact) mass is 252 g/mol. The Hall–Kier alpha value is -1.71. The Morgan fingerprint density at radius 2 is 2.00 bits per heavy atom. The summed E-state index contributed by atoms with van der Waals surface area (Å²) in [7, 11) is 0. The molecule has 0 heterocycles. The van der Waals surface area contributed by atoms with E-state index in [4.69, 9.17) is 4.74 Å². The first-order valence-corrected chi connectivity index (χ1v) is 5.99. The number of rotatable bonds is 6. The maximum absolute atomic E-state index is 13.0. The number of hydrogen-bond acceptors (Lipinski definition) is 3. The molecule has 0 radical (unpaired) electrons. The van der Waals surface area contributed by atoms with Gasteiger partial charge in [0.25, 0.3) is 0 Å². The van der Waals surface area contributed by atoms with E-state index in [1.807, 2.05) is 0 Å². The Labute approximate surface area is 106 Å². The molecule has 1 aromatic rings. The standard InChI is InChI=1S/C14H17FO3/c1-3-18-14(17)6-4-5-13(16)12-9-11(15)8-7-10(12)2/h7-9H,3-6H2,1-2H3. The first kappa shape index (κ1) is 14.4. The van der Waals surface area contributed by atoms with Crippen LogP contribution < -0.4 is 0 Å². The van der Waals surface area contributed by atoms with Crippen LogP contribution in [0.5, 0.6) is 0 Å². The average molecular weight is 252 g/mol. The molecular weight excluding hydrogens is 235 g/mol. The van der Waals surface area contributed by atoms with Crippen LogP contribution in [0.25, 0.3) is 0 Å². The lowest BCUT2D eigenvalue weighted by Gasteiger charge is -2.05. The van der Waals surface area contributed by atoms with Crippen molar-refractivity contribution >= 4 is 11.8 Å². The molecule has 0 unspecified atom stereocenters. The molecule has 0 spiro atoms. The number of aryl methyl sites for hydroxylation is 1. The molecular formula is C14H17FO3.